The van der Waals surface area contributed by atoms with E-state index in [9.17, 15) is 5.11 Å². The minimum absolute atomic E-state index is 0.0770. The fourth-order valence-corrected chi connectivity index (χ4v) is 9.49. The molecule has 2 atom stereocenters. The van der Waals surface area contributed by atoms with Crippen LogP contribution in [0.4, 0.5) is 0 Å². The summed E-state index contributed by atoms with van der Waals surface area (Å²) < 4.78 is 6.57. The fraction of sp³-hybridized carbons (Fsp3) is 1.00. The molecule has 2 nitrogen and oxygen atoms in total. The van der Waals surface area contributed by atoms with Gasteiger partial charge in [-0.05, 0) is 41.8 Å². The molecule has 1 rings (SSSR count). The zero-order chi connectivity index (χ0) is 13.9. The molecule has 2 unspecified atom stereocenters. The van der Waals surface area contributed by atoms with Crippen LogP contribution in [0.3, 0.4) is 0 Å². The molecular weight excluding hydrogens is 240 g/mol. The maximum absolute atomic E-state index is 9.61. The minimum Gasteiger partial charge on any atom is -0.416 e. The van der Waals surface area contributed by atoms with Crippen molar-refractivity contribution in [3.8, 4) is 0 Å². The van der Waals surface area contributed by atoms with Gasteiger partial charge in [0.15, 0.2) is 8.32 Å². The van der Waals surface area contributed by atoms with Crippen molar-refractivity contribution in [1.82, 2.24) is 0 Å². The molecule has 1 fully saturated rings. The fourth-order valence-electron chi connectivity index (χ4n) is 3.96. The lowest BCUT2D eigenvalue weighted by atomic mass is 10.1. The van der Waals surface area contributed by atoms with Crippen molar-refractivity contribution in [2.75, 3.05) is 6.61 Å². The summed E-state index contributed by atoms with van der Waals surface area (Å²) in [6.45, 7) is 14.8. The van der Waals surface area contributed by atoms with E-state index in [1.807, 2.05) is 0 Å². The van der Waals surface area contributed by atoms with Crippen molar-refractivity contribution in [1.29, 1.82) is 0 Å². The normalized spacial score (nSPS) is 25.7. The third-order valence-electron chi connectivity index (χ3n) is 4.79. The predicted octanol–water partition coefficient (Wildman–Crippen LogP) is 4.34. The summed E-state index contributed by atoms with van der Waals surface area (Å²) >= 11 is 0. The SMILES string of the molecule is CC(C)[Si](OCC1CCC(O)C1)(C(C)C)C(C)C. The molecule has 0 bridgehead atoms. The first kappa shape index (κ1) is 16.2. The Balaban J connectivity index is 2.67. The smallest absolute Gasteiger partial charge is 0.200 e. The molecule has 0 aromatic carbocycles. The van der Waals surface area contributed by atoms with Gasteiger partial charge in [0.25, 0.3) is 0 Å². The van der Waals surface area contributed by atoms with Crippen molar-refractivity contribution in [2.45, 2.75) is 83.5 Å². The number of aliphatic hydroxyl groups is 1. The van der Waals surface area contributed by atoms with E-state index >= 15 is 0 Å². The highest BCUT2D eigenvalue weighted by Crippen LogP contribution is 2.43. The molecule has 1 N–H and O–H groups in total. The molecule has 0 spiro atoms. The van der Waals surface area contributed by atoms with Gasteiger partial charge in [0.05, 0.1) is 6.10 Å². The minimum atomic E-state index is -1.70. The topological polar surface area (TPSA) is 29.5 Å². The van der Waals surface area contributed by atoms with Crippen molar-refractivity contribution >= 4 is 8.32 Å². The molecule has 0 saturated heterocycles. The molecule has 0 aromatic heterocycles. The van der Waals surface area contributed by atoms with E-state index in [1.165, 1.54) is 0 Å². The van der Waals surface area contributed by atoms with Gasteiger partial charge in [0, 0.05) is 6.61 Å². The molecule has 1 aliphatic rings. The van der Waals surface area contributed by atoms with E-state index in [-0.39, 0.29) is 6.10 Å². The summed E-state index contributed by atoms with van der Waals surface area (Å²) in [7, 11) is -1.70. The second kappa shape index (κ2) is 6.53. The van der Waals surface area contributed by atoms with Crippen LogP contribution < -0.4 is 0 Å². The summed E-state index contributed by atoms with van der Waals surface area (Å²) in [5.41, 5.74) is 1.97. The van der Waals surface area contributed by atoms with E-state index in [0.29, 0.717) is 22.5 Å². The maximum atomic E-state index is 9.61. The first-order chi connectivity index (χ1) is 8.30. The summed E-state index contributed by atoms with van der Waals surface area (Å²) in [5, 5.41) is 9.61. The van der Waals surface area contributed by atoms with Gasteiger partial charge in [-0.15, -0.1) is 0 Å². The molecule has 3 heteroatoms. The van der Waals surface area contributed by atoms with Gasteiger partial charge in [0.2, 0.25) is 0 Å². The molecule has 1 aliphatic carbocycles. The van der Waals surface area contributed by atoms with E-state index < -0.39 is 8.32 Å². The van der Waals surface area contributed by atoms with Gasteiger partial charge in [-0.1, -0.05) is 41.5 Å². The van der Waals surface area contributed by atoms with E-state index in [1.54, 1.807) is 0 Å². The molecule has 0 aromatic rings. The second-order valence-electron chi connectivity index (χ2n) is 6.96. The lowest BCUT2D eigenvalue weighted by Gasteiger charge is -2.42. The van der Waals surface area contributed by atoms with Crippen LogP contribution in [0.2, 0.25) is 16.6 Å². The van der Waals surface area contributed by atoms with E-state index in [4.69, 9.17) is 4.43 Å². The molecular formula is C15H32O2Si. The van der Waals surface area contributed by atoms with Crippen molar-refractivity contribution in [3.63, 3.8) is 0 Å². The highest BCUT2D eigenvalue weighted by molar-refractivity contribution is 6.77. The molecule has 0 amide bonds. The molecule has 108 valence electrons. The largest absolute Gasteiger partial charge is 0.416 e. The average Bonchev–Trinajstić information content (AvgIpc) is 2.63. The first-order valence-electron chi connectivity index (χ1n) is 7.62. The number of hydrogen-bond donors (Lipinski definition) is 1. The van der Waals surface area contributed by atoms with Crippen LogP contribution in [0, 0.1) is 5.92 Å². The Kier molecular flexibility index (Phi) is 5.88. The summed E-state index contributed by atoms with van der Waals surface area (Å²) in [4.78, 5) is 0. The third-order valence-corrected chi connectivity index (χ3v) is 10.9. The molecule has 0 heterocycles. The van der Waals surface area contributed by atoms with Crippen LogP contribution in [0.15, 0.2) is 0 Å². The van der Waals surface area contributed by atoms with E-state index in [0.717, 1.165) is 25.9 Å². The lowest BCUT2D eigenvalue weighted by molar-refractivity contribution is 0.163. The average molecular weight is 273 g/mol. The first-order valence-corrected chi connectivity index (χ1v) is 9.76. The Morgan fingerprint density at radius 1 is 1.00 bits per heavy atom. The Morgan fingerprint density at radius 3 is 1.83 bits per heavy atom. The van der Waals surface area contributed by atoms with Gasteiger partial charge >= 0.3 is 0 Å². The lowest BCUT2D eigenvalue weighted by Crippen LogP contribution is -2.48. The summed E-state index contributed by atoms with van der Waals surface area (Å²) in [5.74, 6) is 0.586. The van der Waals surface area contributed by atoms with Crippen LogP contribution >= 0.6 is 0 Å². The van der Waals surface area contributed by atoms with Crippen molar-refractivity contribution in [2.24, 2.45) is 5.92 Å². The molecule has 0 aliphatic heterocycles. The van der Waals surface area contributed by atoms with Crippen LogP contribution in [0.1, 0.15) is 60.8 Å². The predicted molar refractivity (Wildman–Crippen MR) is 80.3 cm³/mol. The van der Waals surface area contributed by atoms with Crippen LogP contribution in [0.5, 0.6) is 0 Å². The van der Waals surface area contributed by atoms with Gasteiger partial charge in [-0.3, -0.25) is 0 Å². The Labute approximate surface area is 114 Å². The Morgan fingerprint density at radius 2 is 1.50 bits per heavy atom. The number of aliphatic hydroxyl groups excluding tert-OH is 1. The molecule has 0 radical (unpaired) electrons. The summed E-state index contributed by atoms with van der Waals surface area (Å²) in [6, 6.07) is 0. The zero-order valence-electron chi connectivity index (χ0n) is 13.1. The highest BCUT2D eigenvalue weighted by Gasteiger charge is 2.45. The quantitative estimate of drug-likeness (QED) is 0.729. The molecule has 1 saturated carbocycles. The third kappa shape index (κ3) is 3.37. The van der Waals surface area contributed by atoms with Crippen LogP contribution in [0.25, 0.3) is 0 Å². The molecule has 18 heavy (non-hydrogen) atoms. The van der Waals surface area contributed by atoms with Gasteiger partial charge in [0.1, 0.15) is 0 Å². The monoisotopic (exact) mass is 272 g/mol. The second-order valence-corrected chi connectivity index (χ2v) is 12.4. The standard InChI is InChI=1S/C15H32O2Si/c1-11(2)18(12(3)4,13(5)6)17-10-14-7-8-15(16)9-14/h11-16H,7-10H2,1-6H3. The Hall–Kier alpha value is 0.137. The maximum Gasteiger partial charge on any atom is 0.200 e. The number of hydrogen-bond acceptors (Lipinski definition) is 2. The van der Waals surface area contributed by atoms with Crippen molar-refractivity contribution < 1.29 is 9.53 Å². The Bertz CT molecular complexity index is 229. The van der Waals surface area contributed by atoms with Gasteiger partial charge < -0.3 is 9.53 Å². The van der Waals surface area contributed by atoms with Gasteiger partial charge in [-0.2, -0.15) is 0 Å². The summed E-state index contributed by atoms with van der Waals surface area (Å²) in [6.07, 6.45) is 2.97. The van der Waals surface area contributed by atoms with Crippen molar-refractivity contribution in [3.05, 3.63) is 0 Å². The van der Waals surface area contributed by atoms with E-state index in [2.05, 4.69) is 41.5 Å². The highest BCUT2D eigenvalue weighted by atomic mass is 28.4. The number of rotatable bonds is 6. The van der Waals surface area contributed by atoms with Crippen LogP contribution in [-0.2, 0) is 4.43 Å². The zero-order valence-corrected chi connectivity index (χ0v) is 14.1. The van der Waals surface area contributed by atoms with Crippen LogP contribution in [-0.4, -0.2) is 26.1 Å². The van der Waals surface area contributed by atoms with Gasteiger partial charge in [-0.25, -0.2) is 0 Å².